The summed E-state index contributed by atoms with van der Waals surface area (Å²) >= 11 is 4.71. The minimum Gasteiger partial charge on any atom is -0.497 e. The van der Waals surface area contributed by atoms with Crippen molar-refractivity contribution >= 4 is 52.1 Å². The van der Waals surface area contributed by atoms with Crippen molar-refractivity contribution in [2.75, 3.05) is 14.2 Å². The number of methoxy groups -OCH3 is 2. The van der Waals surface area contributed by atoms with E-state index in [1.165, 1.54) is 50.6 Å². The molecule has 0 spiro atoms. The van der Waals surface area contributed by atoms with Crippen LogP contribution in [-0.4, -0.2) is 36.4 Å². The second-order valence-electron chi connectivity index (χ2n) is 5.63. The van der Waals surface area contributed by atoms with Gasteiger partial charge in [-0.25, -0.2) is 18.4 Å². The van der Waals surface area contributed by atoms with Gasteiger partial charge in [0.15, 0.2) is 0 Å². The minimum atomic E-state index is -1.21. The lowest BCUT2D eigenvalue weighted by atomic mass is 10.2. The molecule has 1 aromatic heterocycles. The van der Waals surface area contributed by atoms with E-state index in [4.69, 9.17) is 19.7 Å². The van der Waals surface area contributed by atoms with Gasteiger partial charge in [0.05, 0.1) is 23.8 Å². The molecule has 2 aromatic carbocycles. The van der Waals surface area contributed by atoms with Crippen molar-refractivity contribution in [3.8, 4) is 11.5 Å². The van der Waals surface area contributed by atoms with Crippen LogP contribution in [0.4, 0.5) is 8.78 Å². The fraction of sp³-hybridized carbons (Fsp3) is 0.100. The van der Waals surface area contributed by atoms with E-state index >= 15 is 0 Å². The Hall–Kier alpha value is -3.11. The summed E-state index contributed by atoms with van der Waals surface area (Å²) in [5.74, 6) is -2.28. The Bertz CT molecular complexity index is 1120. The summed E-state index contributed by atoms with van der Waals surface area (Å²) in [6.07, 6.45) is 1.13. The Morgan fingerprint density at radius 1 is 1.03 bits per heavy atom. The number of benzene rings is 2. The van der Waals surface area contributed by atoms with E-state index in [0.29, 0.717) is 16.2 Å². The van der Waals surface area contributed by atoms with Crippen molar-refractivity contribution in [2.24, 2.45) is 0 Å². The molecule has 0 aliphatic heterocycles. The largest absolute Gasteiger partial charge is 0.497 e. The number of hydrogen-bond acceptors (Lipinski definition) is 6. The van der Waals surface area contributed by atoms with E-state index in [-0.39, 0.29) is 20.7 Å². The second-order valence-corrected chi connectivity index (χ2v) is 7.16. The van der Waals surface area contributed by atoms with Crippen molar-refractivity contribution < 1.29 is 38.1 Å². The van der Waals surface area contributed by atoms with Crippen molar-refractivity contribution in [3.05, 3.63) is 63.4 Å². The average Bonchev–Trinajstić information content (AvgIpc) is 3.17. The van der Waals surface area contributed by atoms with Crippen LogP contribution in [0.2, 0.25) is 0 Å². The maximum absolute atomic E-state index is 13.3. The van der Waals surface area contributed by atoms with Gasteiger partial charge in [0.2, 0.25) is 0 Å². The van der Waals surface area contributed by atoms with Crippen molar-refractivity contribution in [3.63, 3.8) is 0 Å². The molecule has 3 rings (SSSR count). The van der Waals surface area contributed by atoms with Crippen molar-refractivity contribution in [1.82, 2.24) is 0 Å². The molecule has 1 heterocycles. The first-order valence-electron chi connectivity index (χ1n) is 8.14. The van der Waals surface area contributed by atoms with E-state index in [1.807, 2.05) is 0 Å². The van der Waals surface area contributed by atoms with Crippen LogP contribution < -0.4 is 9.47 Å². The molecule has 0 aliphatic rings. The van der Waals surface area contributed by atoms with Gasteiger partial charge in [-0.3, -0.25) is 0 Å². The highest BCUT2D eigenvalue weighted by Gasteiger charge is 2.14. The highest BCUT2D eigenvalue weighted by atomic mass is 32.1. The third-order valence-electron chi connectivity index (χ3n) is 3.74. The zero-order valence-electron chi connectivity index (χ0n) is 15.7. The zero-order chi connectivity index (χ0) is 22.4. The second kappa shape index (κ2) is 10.1. The quantitative estimate of drug-likeness (QED) is 0.374. The number of ether oxygens (including phenoxy) is 2. The number of fused-ring (bicyclic) bond motifs is 1. The number of aliphatic carboxylic acids is 1. The third kappa shape index (κ3) is 5.49. The van der Waals surface area contributed by atoms with Gasteiger partial charge in [0, 0.05) is 10.9 Å². The first kappa shape index (κ1) is 23.2. The molecular formula is C20H16F2O6S2. The molecule has 0 saturated carbocycles. The van der Waals surface area contributed by atoms with Gasteiger partial charge in [-0.05, 0) is 42.5 Å². The summed E-state index contributed by atoms with van der Waals surface area (Å²) < 4.78 is 37.0. The first-order valence-corrected chi connectivity index (χ1v) is 9.41. The number of aromatic carboxylic acids is 1. The van der Waals surface area contributed by atoms with Crippen LogP contribution >= 0.6 is 24.0 Å². The molecular weight excluding hydrogens is 438 g/mol. The highest BCUT2D eigenvalue weighted by molar-refractivity contribution is 7.85. The van der Waals surface area contributed by atoms with Crippen LogP contribution in [0.15, 0.2) is 41.3 Å². The number of halogens is 2. The Labute approximate surface area is 179 Å². The van der Waals surface area contributed by atoms with Gasteiger partial charge in [0.1, 0.15) is 28.0 Å². The third-order valence-corrected chi connectivity index (χ3v) is 5.20. The normalized spacial score (nSPS) is 10.9. The molecule has 30 heavy (non-hydrogen) atoms. The number of carboxylic acids is 2. The molecule has 0 saturated heterocycles. The fourth-order valence-corrected chi connectivity index (χ4v) is 3.44. The molecule has 10 heteroatoms. The Balaban J connectivity index is 0.000000214. The van der Waals surface area contributed by atoms with Gasteiger partial charge in [0.25, 0.3) is 0 Å². The van der Waals surface area contributed by atoms with Crippen LogP contribution in [0.25, 0.3) is 16.2 Å². The number of thiophene rings is 1. The first-order chi connectivity index (χ1) is 14.2. The summed E-state index contributed by atoms with van der Waals surface area (Å²) in [6, 6.07) is 8.12. The number of thiol groups is 1. The zero-order valence-corrected chi connectivity index (χ0v) is 17.4. The lowest BCUT2D eigenvalue weighted by molar-refractivity contribution is -0.131. The maximum atomic E-state index is 13.3. The predicted molar refractivity (Wildman–Crippen MR) is 113 cm³/mol. The van der Waals surface area contributed by atoms with E-state index < -0.39 is 23.6 Å². The van der Waals surface area contributed by atoms with Crippen LogP contribution in [-0.2, 0) is 4.79 Å². The summed E-state index contributed by atoms with van der Waals surface area (Å²) in [7, 11) is 2.91. The SMILES string of the molecule is COc1ccc(F)c(/C=C(\S)C(=O)O)c1.COc1ccc(F)c2cc(C(=O)O)sc12. The Morgan fingerprint density at radius 3 is 2.27 bits per heavy atom. The van der Waals surface area contributed by atoms with Gasteiger partial charge in [-0.1, -0.05) is 0 Å². The average molecular weight is 454 g/mol. The summed E-state index contributed by atoms with van der Waals surface area (Å²) in [5, 5.41) is 17.6. The molecule has 0 radical (unpaired) electrons. The van der Waals surface area contributed by atoms with Gasteiger partial charge >= 0.3 is 11.9 Å². The fourth-order valence-electron chi connectivity index (χ4n) is 2.30. The monoisotopic (exact) mass is 454 g/mol. The molecule has 0 atom stereocenters. The van der Waals surface area contributed by atoms with E-state index in [2.05, 4.69) is 12.6 Å². The lowest BCUT2D eigenvalue weighted by Gasteiger charge is -2.02. The van der Waals surface area contributed by atoms with Crippen LogP contribution in [0.3, 0.4) is 0 Å². The number of carboxylic acid groups (broad SMARTS) is 2. The highest BCUT2D eigenvalue weighted by Crippen LogP contribution is 2.35. The summed E-state index contributed by atoms with van der Waals surface area (Å²) in [4.78, 5) is 21.1. The van der Waals surface area contributed by atoms with E-state index in [0.717, 1.165) is 17.4 Å². The summed E-state index contributed by atoms with van der Waals surface area (Å²) in [5.41, 5.74) is 0.127. The summed E-state index contributed by atoms with van der Waals surface area (Å²) in [6.45, 7) is 0. The number of hydrogen-bond donors (Lipinski definition) is 3. The molecule has 0 bridgehead atoms. The molecule has 158 valence electrons. The van der Waals surface area contributed by atoms with Crippen LogP contribution in [0, 0.1) is 11.6 Å². The lowest BCUT2D eigenvalue weighted by Crippen LogP contribution is -1.94. The molecule has 0 unspecified atom stereocenters. The number of carbonyl (C=O) groups is 2. The smallest absolute Gasteiger partial charge is 0.345 e. The number of rotatable bonds is 5. The van der Waals surface area contributed by atoms with Gasteiger partial charge in [-0.2, -0.15) is 0 Å². The van der Waals surface area contributed by atoms with E-state index in [1.54, 1.807) is 0 Å². The van der Waals surface area contributed by atoms with Crippen LogP contribution in [0.5, 0.6) is 11.5 Å². The maximum Gasteiger partial charge on any atom is 0.345 e. The molecule has 0 aliphatic carbocycles. The van der Waals surface area contributed by atoms with Gasteiger partial charge < -0.3 is 19.7 Å². The minimum absolute atomic E-state index is 0.105. The van der Waals surface area contributed by atoms with E-state index in [9.17, 15) is 18.4 Å². The molecule has 3 aromatic rings. The van der Waals surface area contributed by atoms with Gasteiger partial charge in [-0.15, -0.1) is 24.0 Å². The molecule has 2 N–H and O–H groups in total. The Kier molecular flexibility index (Phi) is 7.79. The molecule has 0 amide bonds. The molecule has 0 fully saturated rings. The Morgan fingerprint density at radius 2 is 1.70 bits per heavy atom. The predicted octanol–water partition coefficient (Wildman–Crippen LogP) is 4.94. The topological polar surface area (TPSA) is 93.1 Å². The standard InChI is InChI=1S/C10H7FO3S.C10H9FO3S/c1-14-7-3-2-6(11)5-4-8(10(12)13)15-9(5)7;1-14-7-2-3-8(11)6(4-7)5-9(15)10(12)13/h2-4H,1H3,(H,12,13);2-5,15H,1H3,(H,12,13)/b;9-5-. The molecule has 6 nitrogen and oxygen atoms in total. The van der Waals surface area contributed by atoms with Crippen molar-refractivity contribution in [2.45, 2.75) is 0 Å². The van der Waals surface area contributed by atoms with Crippen molar-refractivity contribution in [1.29, 1.82) is 0 Å². The van der Waals surface area contributed by atoms with Crippen LogP contribution in [0.1, 0.15) is 15.2 Å².